The summed E-state index contributed by atoms with van der Waals surface area (Å²) in [6.45, 7) is 7.11. The Labute approximate surface area is 117 Å². The van der Waals surface area contributed by atoms with Crippen LogP contribution < -0.4 is 5.73 Å². The van der Waals surface area contributed by atoms with Gasteiger partial charge in [0, 0.05) is 12.0 Å². The number of hydrogen-bond donors (Lipinski definition) is 1. The molecule has 0 radical (unpaired) electrons. The maximum absolute atomic E-state index is 12.2. The highest BCUT2D eigenvalue weighted by atomic mass is 16.1. The minimum Gasteiger partial charge on any atom is -0.330 e. The summed E-state index contributed by atoms with van der Waals surface area (Å²) in [7, 11) is 0. The van der Waals surface area contributed by atoms with Gasteiger partial charge in [0.25, 0.3) is 0 Å². The molecule has 1 aromatic carbocycles. The first-order valence-corrected chi connectivity index (χ1v) is 7.39. The second-order valence-electron chi connectivity index (χ2n) is 5.81. The van der Waals surface area contributed by atoms with E-state index in [2.05, 4.69) is 32.9 Å². The van der Waals surface area contributed by atoms with Crippen molar-refractivity contribution in [2.24, 2.45) is 17.6 Å². The molecule has 0 aromatic heterocycles. The third kappa shape index (κ3) is 5.56. The summed E-state index contributed by atoms with van der Waals surface area (Å²) in [5.74, 6) is 1.12. The summed E-state index contributed by atoms with van der Waals surface area (Å²) < 4.78 is 0. The van der Waals surface area contributed by atoms with E-state index >= 15 is 0 Å². The molecule has 0 spiro atoms. The molecule has 1 aromatic rings. The fourth-order valence-electron chi connectivity index (χ4n) is 2.46. The van der Waals surface area contributed by atoms with Crippen molar-refractivity contribution >= 4 is 5.78 Å². The maximum Gasteiger partial charge on any atom is 0.163 e. The molecule has 0 heterocycles. The van der Waals surface area contributed by atoms with Gasteiger partial charge in [0.05, 0.1) is 0 Å². The van der Waals surface area contributed by atoms with Gasteiger partial charge in [-0.25, -0.2) is 0 Å². The fourth-order valence-corrected chi connectivity index (χ4v) is 2.46. The molecule has 2 nitrogen and oxygen atoms in total. The number of aryl methyl sites for hydroxylation is 1. The highest BCUT2D eigenvalue weighted by Crippen LogP contribution is 2.18. The normalized spacial score (nSPS) is 12.7. The van der Waals surface area contributed by atoms with Crippen molar-refractivity contribution in [2.75, 3.05) is 6.54 Å². The zero-order chi connectivity index (χ0) is 14.3. The van der Waals surface area contributed by atoms with E-state index in [-0.39, 0.29) is 5.78 Å². The van der Waals surface area contributed by atoms with Gasteiger partial charge in [-0.05, 0) is 36.8 Å². The van der Waals surface area contributed by atoms with Crippen LogP contribution in [0.25, 0.3) is 0 Å². The topological polar surface area (TPSA) is 43.1 Å². The Morgan fingerprint density at radius 1 is 1.21 bits per heavy atom. The Bertz CT molecular complexity index is 381. The molecule has 0 saturated carbocycles. The molecule has 1 atom stereocenters. The van der Waals surface area contributed by atoms with Crippen LogP contribution in [-0.4, -0.2) is 12.3 Å². The average Bonchev–Trinajstić information content (AvgIpc) is 2.38. The molecule has 0 aliphatic heterocycles. The Morgan fingerprint density at radius 3 is 2.32 bits per heavy atom. The molecule has 106 valence electrons. The number of benzene rings is 1. The Morgan fingerprint density at radius 2 is 1.84 bits per heavy atom. The number of carbonyl (C=O) groups is 1. The van der Waals surface area contributed by atoms with Crippen molar-refractivity contribution in [2.45, 2.75) is 46.5 Å². The van der Waals surface area contributed by atoms with Gasteiger partial charge in [-0.1, -0.05) is 51.5 Å². The van der Waals surface area contributed by atoms with Crippen molar-refractivity contribution in [3.05, 3.63) is 35.4 Å². The summed E-state index contributed by atoms with van der Waals surface area (Å²) >= 11 is 0. The third-order valence-electron chi connectivity index (χ3n) is 3.43. The Balaban J connectivity index is 2.61. The van der Waals surface area contributed by atoms with Crippen molar-refractivity contribution in [1.82, 2.24) is 0 Å². The number of nitrogens with two attached hydrogens (primary N) is 1. The molecule has 2 N–H and O–H groups in total. The van der Waals surface area contributed by atoms with Crippen molar-refractivity contribution in [3.63, 3.8) is 0 Å². The van der Waals surface area contributed by atoms with Crippen LogP contribution in [0.1, 0.15) is 56.0 Å². The molecule has 1 rings (SSSR count). The van der Waals surface area contributed by atoms with Gasteiger partial charge in [-0.2, -0.15) is 0 Å². The van der Waals surface area contributed by atoms with E-state index in [0.29, 0.717) is 24.8 Å². The number of carbonyl (C=O) groups excluding carboxylic acids is 1. The smallest absolute Gasteiger partial charge is 0.163 e. The SMILES string of the molecule is CCCc1ccc(C(=O)CC(CN)CC(C)C)cc1. The lowest BCUT2D eigenvalue weighted by Gasteiger charge is -2.16. The summed E-state index contributed by atoms with van der Waals surface area (Å²) in [5, 5.41) is 0. The van der Waals surface area contributed by atoms with Crippen LogP contribution in [0.2, 0.25) is 0 Å². The monoisotopic (exact) mass is 261 g/mol. The highest BCUT2D eigenvalue weighted by molar-refractivity contribution is 5.96. The standard InChI is InChI=1S/C17H27NO/c1-4-5-14-6-8-16(9-7-14)17(19)11-15(12-18)10-13(2)3/h6-9,13,15H,4-5,10-12,18H2,1-3H3. The van der Waals surface area contributed by atoms with Gasteiger partial charge >= 0.3 is 0 Å². The van der Waals surface area contributed by atoms with Gasteiger partial charge in [-0.3, -0.25) is 4.79 Å². The van der Waals surface area contributed by atoms with Crippen molar-refractivity contribution in [1.29, 1.82) is 0 Å². The molecule has 2 heteroatoms. The molecule has 1 unspecified atom stereocenters. The fraction of sp³-hybridized carbons (Fsp3) is 0.588. The number of Topliss-reactive ketones (excluding diaryl/α,β-unsaturated/α-hetero) is 1. The lowest BCUT2D eigenvalue weighted by atomic mass is 9.90. The lowest BCUT2D eigenvalue weighted by molar-refractivity contribution is 0.0957. The van der Waals surface area contributed by atoms with Crippen LogP contribution in [-0.2, 0) is 6.42 Å². The van der Waals surface area contributed by atoms with Gasteiger partial charge in [0.2, 0.25) is 0 Å². The minimum absolute atomic E-state index is 0.221. The van der Waals surface area contributed by atoms with Gasteiger partial charge in [0.1, 0.15) is 0 Å². The molecular weight excluding hydrogens is 234 g/mol. The third-order valence-corrected chi connectivity index (χ3v) is 3.43. The van der Waals surface area contributed by atoms with E-state index in [4.69, 9.17) is 5.73 Å². The van der Waals surface area contributed by atoms with Gasteiger partial charge in [0.15, 0.2) is 5.78 Å². The molecule has 0 aliphatic carbocycles. The number of ketones is 1. The van der Waals surface area contributed by atoms with Gasteiger partial charge in [-0.15, -0.1) is 0 Å². The van der Waals surface area contributed by atoms with E-state index in [1.165, 1.54) is 5.56 Å². The highest BCUT2D eigenvalue weighted by Gasteiger charge is 2.15. The van der Waals surface area contributed by atoms with Crippen LogP contribution in [0, 0.1) is 11.8 Å². The summed E-state index contributed by atoms with van der Waals surface area (Å²) in [6.07, 6.45) is 3.81. The summed E-state index contributed by atoms with van der Waals surface area (Å²) in [4.78, 5) is 12.2. The first-order chi connectivity index (χ1) is 9.06. The average molecular weight is 261 g/mol. The van der Waals surface area contributed by atoms with Crippen LogP contribution in [0.4, 0.5) is 0 Å². The maximum atomic E-state index is 12.2. The van der Waals surface area contributed by atoms with E-state index in [0.717, 1.165) is 24.8 Å². The molecule has 0 aliphatic rings. The summed E-state index contributed by atoms with van der Waals surface area (Å²) in [6, 6.07) is 8.04. The minimum atomic E-state index is 0.221. The number of rotatable bonds is 8. The quantitative estimate of drug-likeness (QED) is 0.723. The molecular formula is C17H27NO. The second-order valence-corrected chi connectivity index (χ2v) is 5.81. The second kappa shape index (κ2) is 8.11. The molecule has 0 fully saturated rings. The van der Waals surface area contributed by atoms with E-state index in [9.17, 15) is 4.79 Å². The van der Waals surface area contributed by atoms with Crippen LogP contribution in [0.3, 0.4) is 0 Å². The predicted octanol–water partition coefficient (Wildman–Crippen LogP) is 3.83. The Kier molecular flexibility index (Phi) is 6.79. The van der Waals surface area contributed by atoms with Gasteiger partial charge < -0.3 is 5.73 Å². The van der Waals surface area contributed by atoms with E-state index in [1.54, 1.807) is 0 Å². The zero-order valence-electron chi connectivity index (χ0n) is 12.5. The van der Waals surface area contributed by atoms with Crippen LogP contribution in [0.5, 0.6) is 0 Å². The van der Waals surface area contributed by atoms with Crippen LogP contribution in [0.15, 0.2) is 24.3 Å². The Hall–Kier alpha value is -1.15. The first kappa shape index (κ1) is 15.9. The van der Waals surface area contributed by atoms with Crippen LogP contribution >= 0.6 is 0 Å². The predicted molar refractivity (Wildman–Crippen MR) is 81.4 cm³/mol. The lowest BCUT2D eigenvalue weighted by Crippen LogP contribution is -2.20. The summed E-state index contributed by atoms with van der Waals surface area (Å²) in [5.41, 5.74) is 7.88. The molecule has 0 bridgehead atoms. The molecule has 0 saturated heterocycles. The van der Waals surface area contributed by atoms with Crippen molar-refractivity contribution in [3.8, 4) is 0 Å². The van der Waals surface area contributed by atoms with E-state index < -0.39 is 0 Å². The zero-order valence-corrected chi connectivity index (χ0v) is 12.5. The van der Waals surface area contributed by atoms with Crippen molar-refractivity contribution < 1.29 is 4.79 Å². The number of hydrogen-bond acceptors (Lipinski definition) is 2. The largest absolute Gasteiger partial charge is 0.330 e. The molecule has 0 amide bonds. The molecule has 19 heavy (non-hydrogen) atoms. The first-order valence-electron chi connectivity index (χ1n) is 7.39. The van der Waals surface area contributed by atoms with E-state index in [1.807, 2.05) is 12.1 Å².